The highest BCUT2D eigenvalue weighted by molar-refractivity contribution is 9.10. The zero-order valence-corrected chi connectivity index (χ0v) is 9.62. The first-order valence-corrected chi connectivity index (χ1v) is 5.83. The van der Waals surface area contributed by atoms with Crippen LogP contribution in [0.15, 0.2) is 16.7 Å². The second-order valence-corrected chi connectivity index (χ2v) is 4.99. The maximum atomic E-state index is 11.7. The van der Waals surface area contributed by atoms with E-state index in [4.69, 9.17) is 0 Å². The number of carbonyl (C=O) groups excluding carboxylic acids is 1. The highest BCUT2D eigenvalue weighted by atomic mass is 79.9. The monoisotopic (exact) mass is 270 g/mol. The van der Waals surface area contributed by atoms with Crippen molar-refractivity contribution in [2.24, 2.45) is 0 Å². The summed E-state index contributed by atoms with van der Waals surface area (Å²) in [6.45, 7) is 0. The molecule has 2 unspecified atom stereocenters. The number of hydrogen-bond acceptors (Lipinski definition) is 2. The molecule has 1 saturated carbocycles. The highest BCUT2D eigenvalue weighted by Crippen LogP contribution is 2.40. The second-order valence-electron chi connectivity index (χ2n) is 4.17. The van der Waals surface area contributed by atoms with Gasteiger partial charge in [0.1, 0.15) is 5.69 Å². The summed E-state index contributed by atoms with van der Waals surface area (Å²) < 4.78 is 2.48. The van der Waals surface area contributed by atoms with E-state index in [9.17, 15) is 9.90 Å². The number of aromatic nitrogens is 1. The number of nitrogens with zero attached hydrogens (tertiary/aromatic N) is 1. The Balaban J connectivity index is 2.24. The number of nitrogens with one attached hydrogen (secondary N) is 1. The van der Waals surface area contributed by atoms with Crippen molar-refractivity contribution in [3.8, 4) is 0 Å². The number of aliphatic hydroxyl groups is 1. The molecule has 5 heteroatoms. The molecule has 80 valence electrons. The fourth-order valence-corrected chi connectivity index (χ4v) is 3.27. The SMILES string of the molecule is O=C1NC2CCCC2(O)n2c(Br)ccc21. The predicted octanol–water partition coefficient (Wildman–Crippen LogP) is 1.19. The lowest BCUT2D eigenvalue weighted by Crippen LogP contribution is -2.56. The molecule has 3 rings (SSSR count). The van der Waals surface area contributed by atoms with Crippen LogP contribution >= 0.6 is 15.9 Å². The van der Waals surface area contributed by atoms with Crippen LogP contribution in [0.25, 0.3) is 0 Å². The van der Waals surface area contributed by atoms with Crippen LogP contribution in [-0.4, -0.2) is 21.6 Å². The molecule has 2 heterocycles. The molecule has 4 nitrogen and oxygen atoms in total. The van der Waals surface area contributed by atoms with Crippen LogP contribution < -0.4 is 5.32 Å². The van der Waals surface area contributed by atoms with Gasteiger partial charge in [0.05, 0.1) is 10.6 Å². The minimum Gasteiger partial charge on any atom is -0.368 e. The second kappa shape index (κ2) is 2.86. The van der Waals surface area contributed by atoms with Crippen LogP contribution in [0, 0.1) is 0 Å². The van der Waals surface area contributed by atoms with Crippen LogP contribution in [0.4, 0.5) is 0 Å². The van der Waals surface area contributed by atoms with E-state index in [0.717, 1.165) is 17.4 Å². The van der Waals surface area contributed by atoms with Crippen LogP contribution in [0.3, 0.4) is 0 Å². The molecule has 1 aromatic rings. The minimum absolute atomic E-state index is 0.0997. The maximum Gasteiger partial charge on any atom is 0.268 e. The molecule has 15 heavy (non-hydrogen) atoms. The van der Waals surface area contributed by atoms with Gasteiger partial charge in [-0.1, -0.05) is 0 Å². The average molecular weight is 271 g/mol. The molecule has 1 fully saturated rings. The van der Waals surface area contributed by atoms with Gasteiger partial charge in [0.15, 0.2) is 5.72 Å². The summed E-state index contributed by atoms with van der Waals surface area (Å²) >= 11 is 3.37. The molecule has 0 bridgehead atoms. The predicted molar refractivity (Wildman–Crippen MR) is 57.4 cm³/mol. The van der Waals surface area contributed by atoms with Crippen molar-refractivity contribution in [3.63, 3.8) is 0 Å². The molecule has 2 N–H and O–H groups in total. The van der Waals surface area contributed by atoms with Gasteiger partial charge in [0, 0.05) is 0 Å². The fraction of sp³-hybridized carbons (Fsp3) is 0.500. The van der Waals surface area contributed by atoms with E-state index in [1.807, 2.05) is 0 Å². The molecule has 0 spiro atoms. The zero-order valence-electron chi connectivity index (χ0n) is 8.03. The third-order valence-corrected chi connectivity index (χ3v) is 3.97. The Labute approximate surface area is 95.4 Å². The third-order valence-electron chi connectivity index (χ3n) is 3.35. The van der Waals surface area contributed by atoms with Gasteiger partial charge in [-0.3, -0.25) is 9.36 Å². The summed E-state index contributed by atoms with van der Waals surface area (Å²) in [5.41, 5.74) is -0.409. The van der Waals surface area contributed by atoms with Crippen molar-refractivity contribution in [1.82, 2.24) is 9.88 Å². The lowest BCUT2D eigenvalue weighted by atomic mass is 10.0. The Hall–Kier alpha value is -0.810. The number of rotatable bonds is 0. The van der Waals surface area contributed by atoms with Crippen LogP contribution in [0.2, 0.25) is 0 Å². The average Bonchev–Trinajstić information content (AvgIpc) is 2.72. The Morgan fingerprint density at radius 1 is 1.60 bits per heavy atom. The molecule has 2 atom stereocenters. The first-order valence-electron chi connectivity index (χ1n) is 5.04. The Morgan fingerprint density at radius 3 is 3.20 bits per heavy atom. The lowest BCUT2D eigenvalue weighted by molar-refractivity contribution is -0.0626. The summed E-state index contributed by atoms with van der Waals surface area (Å²) in [5, 5.41) is 13.4. The highest BCUT2D eigenvalue weighted by Gasteiger charge is 2.49. The van der Waals surface area contributed by atoms with Gasteiger partial charge in [-0.15, -0.1) is 0 Å². The van der Waals surface area contributed by atoms with Gasteiger partial charge in [-0.2, -0.15) is 0 Å². The first-order chi connectivity index (χ1) is 7.13. The van der Waals surface area contributed by atoms with Crippen molar-refractivity contribution in [2.45, 2.75) is 31.0 Å². The molecule has 1 amide bonds. The van der Waals surface area contributed by atoms with E-state index in [2.05, 4.69) is 21.2 Å². The largest absolute Gasteiger partial charge is 0.368 e. The quantitative estimate of drug-likeness (QED) is 0.744. The maximum absolute atomic E-state index is 11.7. The van der Waals surface area contributed by atoms with Crippen molar-refractivity contribution in [2.75, 3.05) is 0 Å². The van der Waals surface area contributed by atoms with Gasteiger partial charge in [0.25, 0.3) is 5.91 Å². The summed E-state index contributed by atoms with van der Waals surface area (Å²) in [5.74, 6) is -0.0997. The van der Waals surface area contributed by atoms with E-state index < -0.39 is 5.72 Å². The van der Waals surface area contributed by atoms with Crippen molar-refractivity contribution < 1.29 is 9.90 Å². The standard InChI is InChI=1S/C10H11BrN2O2/c11-8-4-3-6-9(14)12-7-2-1-5-10(7,15)13(6)8/h3-4,7,15H,1-2,5H2,(H,12,14). The molecule has 0 aromatic carbocycles. The Kier molecular flexibility index (Phi) is 1.79. The van der Waals surface area contributed by atoms with Gasteiger partial charge < -0.3 is 10.4 Å². The van der Waals surface area contributed by atoms with Gasteiger partial charge in [-0.25, -0.2) is 0 Å². The van der Waals surface area contributed by atoms with E-state index in [0.29, 0.717) is 12.1 Å². The normalized spacial score (nSPS) is 33.5. The smallest absolute Gasteiger partial charge is 0.268 e. The van der Waals surface area contributed by atoms with Gasteiger partial charge >= 0.3 is 0 Å². The topological polar surface area (TPSA) is 54.3 Å². The van der Waals surface area contributed by atoms with Crippen molar-refractivity contribution in [3.05, 3.63) is 22.4 Å². The van der Waals surface area contributed by atoms with E-state index in [1.54, 1.807) is 16.7 Å². The van der Waals surface area contributed by atoms with Crippen LogP contribution in [0.1, 0.15) is 29.8 Å². The molecule has 1 aliphatic carbocycles. The van der Waals surface area contributed by atoms with Gasteiger partial charge in [0.2, 0.25) is 0 Å². The number of hydrogen-bond donors (Lipinski definition) is 2. The molecule has 1 aliphatic heterocycles. The van der Waals surface area contributed by atoms with Crippen molar-refractivity contribution in [1.29, 1.82) is 0 Å². The minimum atomic E-state index is -0.939. The summed E-state index contributed by atoms with van der Waals surface area (Å²) in [6, 6.07) is 3.38. The third kappa shape index (κ3) is 1.08. The zero-order chi connectivity index (χ0) is 10.6. The lowest BCUT2D eigenvalue weighted by Gasteiger charge is -2.38. The molecular weight excluding hydrogens is 260 g/mol. The number of fused-ring (bicyclic) bond motifs is 3. The van der Waals surface area contributed by atoms with E-state index in [1.165, 1.54) is 0 Å². The Morgan fingerprint density at radius 2 is 2.40 bits per heavy atom. The van der Waals surface area contributed by atoms with Crippen LogP contribution in [0.5, 0.6) is 0 Å². The number of halogens is 1. The summed E-state index contributed by atoms with van der Waals surface area (Å²) in [4.78, 5) is 11.7. The number of carbonyl (C=O) groups is 1. The molecule has 0 saturated heterocycles. The van der Waals surface area contributed by atoms with Crippen LogP contribution in [-0.2, 0) is 5.72 Å². The van der Waals surface area contributed by atoms with Crippen molar-refractivity contribution >= 4 is 21.8 Å². The molecule has 2 aliphatic rings. The first kappa shape index (κ1) is 9.42. The number of amides is 1. The summed E-state index contributed by atoms with van der Waals surface area (Å²) in [7, 11) is 0. The molecule has 0 radical (unpaired) electrons. The molecular formula is C10H11BrN2O2. The summed E-state index contributed by atoms with van der Waals surface area (Å²) in [6.07, 6.45) is 2.47. The van der Waals surface area contributed by atoms with Gasteiger partial charge in [-0.05, 0) is 47.3 Å². The molecule has 1 aromatic heterocycles. The van der Waals surface area contributed by atoms with E-state index in [-0.39, 0.29) is 11.9 Å². The Bertz CT molecular complexity index is 443. The van der Waals surface area contributed by atoms with E-state index >= 15 is 0 Å². The fourth-order valence-electron chi connectivity index (χ4n) is 2.64.